The fourth-order valence-electron chi connectivity index (χ4n) is 2.53. The van der Waals surface area contributed by atoms with E-state index in [1.807, 2.05) is 36.1 Å². The van der Waals surface area contributed by atoms with Crippen molar-refractivity contribution < 1.29 is 9.53 Å². The number of nitrogens with one attached hydrogen (secondary N) is 1. The molecule has 1 heterocycles. The third-order valence-electron chi connectivity index (χ3n) is 3.85. The van der Waals surface area contributed by atoms with Gasteiger partial charge < -0.3 is 15.0 Å². The summed E-state index contributed by atoms with van der Waals surface area (Å²) < 4.78 is 5.14. The Hall–Kier alpha value is -1.71. The highest BCUT2D eigenvalue weighted by molar-refractivity contribution is 5.74. The minimum Gasteiger partial charge on any atom is -0.497 e. The lowest BCUT2D eigenvalue weighted by Crippen LogP contribution is -2.41. The van der Waals surface area contributed by atoms with Crippen LogP contribution in [0.2, 0.25) is 0 Å². The first-order valence-corrected chi connectivity index (χ1v) is 7.40. The van der Waals surface area contributed by atoms with Crippen LogP contribution in [-0.2, 0) is 0 Å². The highest BCUT2D eigenvalue weighted by atomic mass is 16.5. The molecule has 0 aromatic heterocycles. The van der Waals surface area contributed by atoms with Crippen molar-refractivity contribution >= 4 is 6.03 Å². The van der Waals surface area contributed by atoms with Gasteiger partial charge >= 0.3 is 6.03 Å². The molecule has 1 aliphatic heterocycles. The Bertz CT molecular complexity index is 423. The largest absolute Gasteiger partial charge is 0.497 e. The highest BCUT2D eigenvalue weighted by Gasteiger charge is 2.17. The predicted molar refractivity (Wildman–Crippen MR) is 80.0 cm³/mol. The summed E-state index contributed by atoms with van der Waals surface area (Å²) in [4.78, 5) is 14.2. The highest BCUT2D eigenvalue weighted by Crippen LogP contribution is 2.18. The molecule has 1 aliphatic rings. The first-order chi connectivity index (χ1) is 9.70. The van der Waals surface area contributed by atoms with Gasteiger partial charge in [0, 0.05) is 13.1 Å². The molecule has 4 heteroatoms. The molecule has 2 amide bonds. The number of likely N-dealkylation sites (tertiary alicyclic amines) is 1. The number of benzene rings is 1. The Morgan fingerprint density at radius 2 is 1.75 bits per heavy atom. The average Bonchev–Trinajstić information content (AvgIpc) is 2.76. The maximum absolute atomic E-state index is 12.2. The number of urea groups is 1. The van der Waals surface area contributed by atoms with Gasteiger partial charge in [0.05, 0.1) is 13.2 Å². The Morgan fingerprint density at radius 3 is 2.30 bits per heavy atom. The molecule has 1 atom stereocenters. The molecular formula is C16H24N2O2. The molecule has 0 aliphatic carbocycles. The van der Waals surface area contributed by atoms with Gasteiger partial charge in [-0.15, -0.1) is 0 Å². The number of carbonyl (C=O) groups excluding carboxylic acids is 1. The van der Waals surface area contributed by atoms with Crippen molar-refractivity contribution in [3.63, 3.8) is 0 Å². The number of hydrogen-bond acceptors (Lipinski definition) is 2. The van der Waals surface area contributed by atoms with E-state index in [2.05, 4.69) is 5.32 Å². The van der Waals surface area contributed by atoms with Crippen LogP contribution >= 0.6 is 0 Å². The summed E-state index contributed by atoms with van der Waals surface area (Å²) >= 11 is 0. The standard InChI is InChI=1S/C16H24N2O2/c1-13(14-7-9-15(20-2)10-8-14)17-16(19)18-11-5-3-4-6-12-18/h7-10,13H,3-6,11-12H2,1-2H3,(H,17,19). The molecule has 110 valence electrons. The molecular weight excluding hydrogens is 252 g/mol. The average molecular weight is 276 g/mol. The Morgan fingerprint density at radius 1 is 1.15 bits per heavy atom. The summed E-state index contributed by atoms with van der Waals surface area (Å²) in [5.74, 6) is 0.833. The van der Waals surface area contributed by atoms with Crippen molar-refractivity contribution in [1.82, 2.24) is 10.2 Å². The fourth-order valence-corrected chi connectivity index (χ4v) is 2.53. The van der Waals surface area contributed by atoms with Crippen molar-refractivity contribution in [3.05, 3.63) is 29.8 Å². The second-order valence-corrected chi connectivity index (χ2v) is 5.35. The van der Waals surface area contributed by atoms with Gasteiger partial charge in [0.2, 0.25) is 0 Å². The second kappa shape index (κ2) is 7.17. The van der Waals surface area contributed by atoms with Gasteiger partial charge in [-0.2, -0.15) is 0 Å². The minimum absolute atomic E-state index is 0.0108. The Labute approximate surface area is 121 Å². The quantitative estimate of drug-likeness (QED) is 0.920. The van der Waals surface area contributed by atoms with Gasteiger partial charge in [-0.1, -0.05) is 25.0 Å². The van der Waals surface area contributed by atoms with Crippen LogP contribution in [0.5, 0.6) is 5.75 Å². The van der Waals surface area contributed by atoms with Gasteiger partial charge in [-0.05, 0) is 37.5 Å². The van der Waals surface area contributed by atoms with E-state index in [-0.39, 0.29) is 12.1 Å². The normalized spacial score (nSPS) is 17.2. The van der Waals surface area contributed by atoms with Gasteiger partial charge in [-0.3, -0.25) is 0 Å². The molecule has 1 saturated heterocycles. The van der Waals surface area contributed by atoms with Crippen LogP contribution in [0, 0.1) is 0 Å². The molecule has 0 spiro atoms. The number of amides is 2. The zero-order valence-corrected chi connectivity index (χ0v) is 12.4. The van der Waals surface area contributed by atoms with Gasteiger partial charge in [0.1, 0.15) is 5.75 Å². The molecule has 1 N–H and O–H groups in total. The van der Waals surface area contributed by atoms with E-state index in [4.69, 9.17) is 4.74 Å². The van der Waals surface area contributed by atoms with Crippen molar-refractivity contribution in [1.29, 1.82) is 0 Å². The van der Waals surface area contributed by atoms with Crippen LogP contribution in [0.15, 0.2) is 24.3 Å². The number of ether oxygens (including phenoxy) is 1. The molecule has 20 heavy (non-hydrogen) atoms. The minimum atomic E-state index is 0.0108. The molecule has 0 bridgehead atoms. The molecule has 2 rings (SSSR count). The molecule has 1 aromatic rings. The summed E-state index contributed by atoms with van der Waals surface area (Å²) in [7, 11) is 1.65. The van der Waals surface area contributed by atoms with E-state index in [1.165, 1.54) is 12.8 Å². The van der Waals surface area contributed by atoms with Crippen LogP contribution in [0.4, 0.5) is 4.79 Å². The number of hydrogen-bond donors (Lipinski definition) is 1. The van der Waals surface area contributed by atoms with Crippen molar-refractivity contribution in [3.8, 4) is 5.75 Å². The molecule has 1 aromatic carbocycles. The maximum atomic E-state index is 12.2. The van der Waals surface area contributed by atoms with Crippen LogP contribution in [0.3, 0.4) is 0 Å². The molecule has 0 radical (unpaired) electrons. The number of carbonyl (C=O) groups is 1. The lowest BCUT2D eigenvalue weighted by atomic mass is 10.1. The van der Waals surface area contributed by atoms with Crippen LogP contribution in [0.25, 0.3) is 0 Å². The second-order valence-electron chi connectivity index (χ2n) is 5.35. The van der Waals surface area contributed by atoms with E-state index in [0.29, 0.717) is 0 Å². The zero-order chi connectivity index (χ0) is 14.4. The van der Waals surface area contributed by atoms with E-state index >= 15 is 0 Å². The van der Waals surface area contributed by atoms with Gasteiger partial charge in [0.25, 0.3) is 0 Å². The lowest BCUT2D eigenvalue weighted by molar-refractivity contribution is 0.196. The molecule has 1 fully saturated rings. The smallest absolute Gasteiger partial charge is 0.317 e. The summed E-state index contributed by atoms with van der Waals surface area (Å²) in [5, 5.41) is 3.08. The molecule has 1 unspecified atom stereocenters. The fraction of sp³-hybridized carbons (Fsp3) is 0.562. The summed E-state index contributed by atoms with van der Waals surface area (Å²) in [6, 6.07) is 7.89. The number of methoxy groups -OCH3 is 1. The number of rotatable bonds is 3. The Balaban J connectivity index is 1.91. The van der Waals surface area contributed by atoms with Gasteiger partial charge in [-0.25, -0.2) is 4.79 Å². The topological polar surface area (TPSA) is 41.6 Å². The summed E-state index contributed by atoms with van der Waals surface area (Å²) in [6.45, 7) is 3.76. The van der Waals surface area contributed by atoms with Crippen LogP contribution < -0.4 is 10.1 Å². The molecule has 0 saturated carbocycles. The van der Waals surface area contributed by atoms with Crippen molar-refractivity contribution in [2.24, 2.45) is 0 Å². The SMILES string of the molecule is COc1ccc(C(C)NC(=O)N2CCCCCC2)cc1. The molecule has 4 nitrogen and oxygen atoms in total. The summed E-state index contributed by atoms with van der Waals surface area (Å²) in [6.07, 6.45) is 4.70. The predicted octanol–water partition coefficient (Wildman–Crippen LogP) is 3.34. The summed E-state index contributed by atoms with van der Waals surface area (Å²) in [5.41, 5.74) is 1.09. The van der Waals surface area contributed by atoms with Crippen molar-refractivity contribution in [2.75, 3.05) is 20.2 Å². The van der Waals surface area contributed by atoms with Crippen LogP contribution in [0.1, 0.15) is 44.2 Å². The third-order valence-corrected chi connectivity index (χ3v) is 3.85. The lowest BCUT2D eigenvalue weighted by Gasteiger charge is -2.24. The Kier molecular flexibility index (Phi) is 5.27. The van der Waals surface area contributed by atoms with Crippen LogP contribution in [-0.4, -0.2) is 31.1 Å². The zero-order valence-electron chi connectivity index (χ0n) is 12.4. The first-order valence-electron chi connectivity index (χ1n) is 7.40. The third kappa shape index (κ3) is 3.89. The van der Waals surface area contributed by atoms with E-state index in [9.17, 15) is 4.79 Å². The van der Waals surface area contributed by atoms with E-state index in [1.54, 1.807) is 7.11 Å². The first kappa shape index (κ1) is 14.7. The van der Waals surface area contributed by atoms with Gasteiger partial charge in [0.15, 0.2) is 0 Å². The monoisotopic (exact) mass is 276 g/mol. The maximum Gasteiger partial charge on any atom is 0.317 e. The van der Waals surface area contributed by atoms with Crippen molar-refractivity contribution in [2.45, 2.75) is 38.6 Å². The number of nitrogens with zero attached hydrogens (tertiary/aromatic N) is 1. The van der Waals surface area contributed by atoms with E-state index in [0.717, 1.165) is 37.2 Å². The van der Waals surface area contributed by atoms with E-state index < -0.39 is 0 Å².